The van der Waals surface area contributed by atoms with Crippen LogP contribution in [0.1, 0.15) is 43.5 Å². The van der Waals surface area contributed by atoms with Crippen molar-refractivity contribution in [2.24, 2.45) is 5.92 Å². The third-order valence-corrected chi connectivity index (χ3v) is 6.91. The molecule has 1 aliphatic carbocycles. The van der Waals surface area contributed by atoms with Gasteiger partial charge in [-0.15, -0.1) is 0 Å². The summed E-state index contributed by atoms with van der Waals surface area (Å²) in [5.74, 6) is 2.45. The van der Waals surface area contributed by atoms with Crippen molar-refractivity contribution in [3.05, 3.63) is 47.9 Å². The average Bonchev–Trinajstić information content (AvgIpc) is 3.44. The first kappa shape index (κ1) is 22.3. The number of aromatic nitrogens is 4. The summed E-state index contributed by atoms with van der Waals surface area (Å²) < 4.78 is 23.4. The number of rotatable bonds is 6. The van der Waals surface area contributed by atoms with Crippen molar-refractivity contribution in [2.45, 2.75) is 37.9 Å². The van der Waals surface area contributed by atoms with Crippen molar-refractivity contribution in [1.82, 2.24) is 24.6 Å². The number of nitrogens with one attached hydrogen (secondary N) is 1. The largest absolute Gasteiger partial charge is 0.496 e. The lowest BCUT2D eigenvalue weighted by Crippen LogP contribution is -2.38. The number of methoxy groups -OCH3 is 1. The van der Waals surface area contributed by atoms with E-state index in [2.05, 4.69) is 27.1 Å². The maximum absolute atomic E-state index is 15.7. The van der Waals surface area contributed by atoms with E-state index in [4.69, 9.17) is 15.1 Å². The van der Waals surface area contributed by atoms with Crippen LogP contribution in [-0.4, -0.2) is 51.9 Å². The van der Waals surface area contributed by atoms with E-state index in [1.54, 1.807) is 7.11 Å². The number of ether oxygens (including phenoxy) is 1. The van der Waals surface area contributed by atoms with Gasteiger partial charge in [0, 0.05) is 24.7 Å². The second-order valence-electron chi connectivity index (χ2n) is 9.35. The summed E-state index contributed by atoms with van der Waals surface area (Å²) in [6, 6.07) is 9.80. The number of anilines is 2. The van der Waals surface area contributed by atoms with E-state index >= 15 is 4.39 Å². The SMILES string of the molecule is COc1cc(C2(F)CCN(C)CC2)ccc1-c1cc(Nc2cnc(C#N)cn2)n([C@H]2CC2C)n1. The molecule has 1 aliphatic heterocycles. The Balaban J connectivity index is 1.47. The van der Waals surface area contributed by atoms with Gasteiger partial charge in [-0.1, -0.05) is 13.0 Å². The summed E-state index contributed by atoms with van der Waals surface area (Å²) in [7, 11) is 3.63. The van der Waals surface area contributed by atoms with E-state index in [0.29, 0.717) is 41.9 Å². The Hall–Kier alpha value is -3.51. The molecule has 0 spiro atoms. The number of nitriles is 1. The smallest absolute Gasteiger partial charge is 0.158 e. The van der Waals surface area contributed by atoms with Crippen LogP contribution >= 0.6 is 0 Å². The summed E-state index contributed by atoms with van der Waals surface area (Å²) in [5.41, 5.74) is 1.12. The monoisotopic (exact) mass is 461 g/mol. The van der Waals surface area contributed by atoms with E-state index in [0.717, 1.165) is 36.6 Å². The van der Waals surface area contributed by atoms with Crippen LogP contribution in [0.2, 0.25) is 0 Å². The molecule has 3 aromatic rings. The van der Waals surface area contributed by atoms with Crippen molar-refractivity contribution in [2.75, 3.05) is 32.6 Å². The number of hydrogen-bond acceptors (Lipinski definition) is 7. The van der Waals surface area contributed by atoms with Gasteiger partial charge in [0.2, 0.25) is 0 Å². The fourth-order valence-electron chi connectivity index (χ4n) is 4.54. The summed E-state index contributed by atoms with van der Waals surface area (Å²) in [6.45, 7) is 3.66. The Labute approximate surface area is 198 Å². The number of nitrogens with zero attached hydrogens (tertiary/aromatic N) is 6. The molecule has 5 rings (SSSR count). The highest BCUT2D eigenvalue weighted by molar-refractivity contribution is 5.71. The lowest BCUT2D eigenvalue weighted by atomic mass is 9.85. The van der Waals surface area contributed by atoms with Crippen LogP contribution in [0.25, 0.3) is 11.3 Å². The van der Waals surface area contributed by atoms with Crippen LogP contribution in [-0.2, 0) is 5.67 Å². The molecular formula is C25H28FN7O. The number of benzene rings is 1. The lowest BCUT2D eigenvalue weighted by Gasteiger charge is -2.35. The standard InChI is InChI=1S/C25H28FN7O/c1-16-10-21(16)33-24(30-23-15-28-18(13-27)14-29-23)12-20(31-33)19-5-4-17(11-22(19)34-3)25(26)6-8-32(2)9-7-25/h4-5,11-12,14-16,21H,6-10H2,1-3H3,(H,29,30)/t16?,21-/m0/s1. The maximum atomic E-state index is 15.7. The van der Waals surface area contributed by atoms with Gasteiger partial charge in [0.05, 0.1) is 31.2 Å². The topological polar surface area (TPSA) is 91.9 Å². The highest BCUT2D eigenvalue weighted by Crippen LogP contribution is 2.46. The van der Waals surface area contributed by atoms with Gasteiger partial charge in [0.15, 0.2) is 5.69 Å². The van der Waals surface area contributed by atoms with Gasteiger partial charge >= 0.3 is 0 Å². The van der Waals surface area contributed by atoms with Gasteiger partial charge < -0.3 is 15.0 Å². The number of halogens is 1. The second kappa shape index (κ2) is 8.69. The van der Waals surface area contributed by atoms with E-state index in [9.17, 15) is 0 Å². The Bertz CT molecular complexity index is 1230. The zero-order valence-corrected chi connectivity index (χ0v) is 19.6. The summed E-state index contributed by atoms with van der Waals surface area (Å²) in [5, 5.41) is 17.1. The number of alkyl halides is 1. The normalized spacial score (nSPS) is 21.6. The zero-order valence-electron chi connectivity index (χ0n) is 19.6. The zero-order chi connectivity index (χ0) is 23.9. The predicted octanol–water partition coefficient (Wildman–Crippen LogP) is 4.44. The third-order valence-electron chi connectivity index (χ3n) is 6.91. The van der Waals surface area contributed by atoms with Crippen molar-refractivity contribution in [1.29, 1.82) is 5.26 Å². The fourth-order valence-corrected chi connectivity index (χ4v) is 4.54. The number of hydrogen-bond donors (Lipinski definition) is 1. The first-order valence-electron chi connectivity index (χ1n) is 11.6. The quantitative estimate of drug-likeness (QED) is 0.580. The van der Waals surface area contributed by atoms with Gasteiger partial charge in [-0.05, 0) is 49.9 Å². The van der Waals surface area contributed by atoms with Crippen LogP contribution in [0.3, 0.4) is 0 Å². The molecule has 1 unspecified atom stereocenters. The second-order valence-corrected chi connectivity index (χ2v) is 9.35. The molecule has 8 nitrogen and oxygen atoms in total. The van der Waals surface area contributed by atoms with E-state index in [1.807, 2.05) is 42.1 Å². The molecule has 9 heteroatoms. The maximum Gasteiger partial charge on any atom is 0.158 e. The molecule has 2 aliphatic rings. The first-order chi connectivity index (χ1) is 16.4. The molecule has 3 heterocycles. The Kier molecular flexibility index (Phi) is 5.70. The predicted molar refractivity (Wildman–Crippen MR) is 127 cm³/mol. The van der Waals surface area contributed by atoms with E-state index in [1.165, 1.54) is 12.4 Å². The highest BCUT2D eigenvalue weighted by atomic mass is 19.1. The molecule has 2 atom stereocenters. The average molecular weight is 462 g/mol. The minimum atomic E-state index is -1.35. The highest BCUT2D eigenvalue weighted by Gasteiger charge is 2.38. The van der Waals surface area contributed by atoms with E-state index in [-0.39, 0.29) is 5.69 Å². The fraction of sp³-hybridized carbons (Fsp3) is 0.440. The first-order valence-corrected chi connectivity index (χ1v) is 11.6. The van der Waals surface area contributed by atoms with Crippen molar-refractivity contribution in [3.8, 4) is 23.1 Å². The van der Waals surface area contributed by atoms with Crippen LogP contribution in [0.5, 0.6) is 5.75 Å². The molecule has 176 valence electrons. The minimum Gasteiger partial charge on any atom is -0.496 e. The molecule has 0 radical (unpaired) electrons. The van der Waals surface area contributed by atoms with Crippen molar-refractivity contribution < 1.29 is 9.13 Å². The lowest BCUT2D eigenvalue weighted by molar-refractivity contribution is 0.0672. The molecule has 0 bridgehead atoms. The third kappa shape index (κ3) is 4.21. The van der Waals surface area contributed by atoms with Gasteiger partial charge in [0.1, 0.15) is 29.1 Å². The number of likely N-dealkylation sites (tertiary alicyclic amines) is 1. The molecule has 1 N–H and O–H groups in total. The van der Waals surface area contributed by atoms with Crippen LogP contribution in [0.15, 0.2) is 36.7 Å². The Morgan fingerprint density at radius 1 is 1.21 bits per heavy atom. The van der Waals surface area contributed by atoms with Gasteiger partial charge in [-0.3, -0.25) is 0 Å². The molecule has 1 saturated carbocycles. The summed E-state index contributed by atoms with van der Waals surface area (Å²) in [4.78, 5) is 10.5. The van der Waals surface area contributed by atoms with Gasteiger partial charge in [-0.25, -0.2) is 19.0 Å². The van der Waals surface area contributed by atoms with Crippen LogP contribution < -0.4 is 10.1 Å². The molecule has 0 amide bonds. The molecule has 34 heavy (non-hydrogen) atoms. The van der Waals surface area contributed by atoms with Crippen LogP contribution in [0, 0.1) is 17.2 Å². The molecular weight excluding hydrogens is 433 g/mol. The molecule has 2 fully saturated rings. The van der Waals surface area contributed by atoms with Gasteiger partial charge in [0.25, 0.3) is 0 Å². The summed E-state index contributed by atoms with van der Waals surface area (Å²) >= 11 is 0. The minimum absolute atomic E-state index is 0.260. The van der Waals surface area contributed by atoms with Gasteiger partial charge in [-0.2, -0.15) is 10.4 Å². The Morgan fingerprint density at radius 2 is 1.97 bits per heavy atom. The van der Waals surface area contributed by atoms with Crippen LogP contribution in [0.4, 0.5) is 16.0 Å². The van der Waals surface area contributed by atoms with Crippen molar-refractivity contribution in [3.63, 3.8) is 0 Å². The molecule has 1 saturated heterocycles. The molecule has 1 aromatic carbocycles. The summed E-state index contributed by atoms with van der Waals surface area (Å²) in [6.07, 6.45) is 4.95. The molecule has 2 aromatic heterocycles. The number of piperidine rings is 1. The van der Waals surface area contributed by atoms with E-state index < -0.39 is 5.67 Å². The van der Waals surface area contributed by atoms with Crippen molar-refractivity contribution >= 4 is 11.6 Å². The Morgan fingerprint density at radius 3 is 2.59 bits per heavy atom.